The number of aliphatic carboxylic acids is 2. The van der Waals surface area contributed by atoms with E-state index in [0.717, 1.165) is 0 Å². The zero-order valence-electron chi connectivity index (χ0n) is 10.0. The normalized spacial score (nSPS) is 15.4. The molecule has 9 heteroatoms. The number of hydrogen-bond acceptors (Lipinski definition) is 5. The van der Waals surface area contributed by atoms with Gasteiger partial charge in [0.1, 0.15) is 12.1 Å². The van der Waals surface area contributed by atoms with Gasteiger partial charge in [-0.25, -0.2) is 0 Å². The number of guanidine groups is 1. The molecule has 0 spiro atoms. The molecular formula is C9H19N5O4. The van der Waals surface area contributed by atoms with Gasteiger partial charge in [0.25, 0.3) is 0 Å². The molecule has 0 saturated carbocycles. The van der Waals surface area contributed by atoms with Crippen molar-refractivity contribution in [2.45, 2.75) is 38.0 Å². The first-order chi connectivity index (χ1) is 8.23. The SMILES string of the molecule is CC(NC(CCC(N)C(=O)O)NC(=N)N)C(=O)O. The van der Waals surface area contributed by atoms with E-state index in [-0.39, 0.29) is 18.8 Å². The minimum Gasteiger partial charge on any atom is -0.480 e. The molecule has 0 fully saturated rings. The second-order valence-electron chi connectivity index (χ2n) is 3.86. The maximum absolute atomic E-state index is 10.7. The summed E-state index contributed by atoms with van der Waals surface area (Å²) in [4.78, 5) is 21.2. The van der Waals surface area contributed by atoms with Crippen molar-refractivity contribution in [3.63, 3.8) is 0 Å². The second-order valence-corrected chi connectivity index (χ2v) is 3.86. The second kappa shape index (κ2) is 7.45. The molecule has 0 saturated heterocycles. The van der Waals surface area contributed by atoms with Crippen LogP contribution in [0.15, 0.2) is 0 Å². The van der Waals surface area contributed by atoms with Crippen LogP contribution in [0.2, 0.25) is 0 Å². The van der Waals surface area contributed by atoms with Gasteiger partial charge in [-0.1, -0.05) is 0 Å². The summed E-state index contributed by atoms with van der Waals surface area (Å²) in [5.74, 6) is -2.54. The van der Waals surface area contributed by atoms with Crippen LogP contribution in [-0.4, -0.2) is 46.4 Å². The largest absolute Gasteiger partial charge is 0.480 e. The molecule has 18 heavy (non-hydrogen) atoms. The molecule has 3 atom stereocenters. The third-order valence-corrected chi connectivity index (χ3v) is 2.23. The van der Waals surface area contributed by atoms with Crippen LogP contribution in [0.1, 0.15) is 19.8 Å². The first-order valence-corrected chi connectivity index (χ1v) is 5.31. The lowest BCUT2D eigenvalue weighted by Crippen LogP contribution is -2.53. The Morgan fingerprint density at radius 3 is 2.22 bits per heavy atom. The topological polar surface area (TPSA) is 175 Å². The van der Waals surface area contributed by atoms with E-state index in [1.165, 1.54) is 6.92 Å². The van der Waals surface area contributed by atoms with Gasteiger partial charge >= 0.3 is 11.9 Å². The number of nitrogens with two attached hydrogens (primary N) is 2. The number of hydrogen-bond donors (Lipinski definition) is 7. The summed E-state index contributed by atoms with van der Waals surface area (Å²) in [6.07, 6.45) is -0.274. The number of nitrogens with one attached hydrogen (secondary N) is 3. The van der Waals surface area contributed by atoms with Crippen LogP contribution in [0.3, 0.4) is 0 Å². The Bertz CT molecular complexity index is 322. The van der Waals surface area contributed by atoms with E-state index in [0.29, 0.717) is 0 Å². The predicted molar refractivity (Wildman–Crippen MR) is 63.9 cm³/mol. The molecule has 0 amide bonds. The Hall–Kier alpha value is -1.87. The summed E-state index contributed by atoms with van der Waals surface area (Å²) in [6.45, 7) is 1.42. The molecular weight excluding hydrogens is 242 g/mol. The highest BCUT2D eigenvalue weighted by atomic mass is 16.4. The van der Waals surface area contributed by atoms with Crippen molar-refractivity contribution < 1.29 is 19.8 Å². The van der Waals surface area contributed by atoms with Gasteiger partial charge in [-0.3, -0.25) is 20.3 Å². The van der Waals surface area contributed by atoms with Gasteiger partial charge in [0, 0.05) is 0 Å². The van der Waals surface area contributed by atoms with Gasteiger partial charge < -0.3 is 27.0 Å². The highest BCUT2D eigenvalue weighted by molar-refractivity contribution is 5.75. The number of rotatable bonds is 8. The molecule has 0 aromatic heterocycles. The lowest BCUT2D eigenvalue weighted by atomic mass is 10.1. The van der Waals surface area contributed by atoms with Crippen LogP contribution in [0, 0.1) is 5.41 Å². The van der Waals surface area contributed by atoms with Crippen LogP contribution >= 0.6 is 0 Å². The van der Waals surface area contributed by atoms with Crippen molar-refractivity contribution in [1.29, 1.82) is 5.41 Å². The summed E-state index contributed by atoms with van der Waals surface area (Å²) in [5.41, 5.74) is 10.5. The Morgan fingerprint density at radius 1 is 1.28 bits per heavy atom. The molecule has 0 bridgehead atoms. The quantitative estimate of drug-likeness (QED) is 0.150. The van der Waals surface area contributed by atoms with Crippen molar-refractivity contribution in [3.05, 3.63) is 0 Å². The molecule has 3 unspecified atom stereocenters. The summed E-state index contributed by atoms with van der Waals surface area (Å²) in [5, 5.41) is 29.6. The molecule has 0 heterocycles. The fraction of sp³-hybridized carbons (Fsp3) is 0.667. The summed E-state index contributed by atoms with van der Waals surface area (Å²) in [7, 11) is 0. The molecule has 0 aliphatic heterocycles. The van der Waals surface area contributed by atoms with Crippen molar-refractivity contribution >= 4 is 17.9 Å². The van der Waals surface area contributed by atoms with E-state index in [4.69, 9.17) is 27.1 Å². The van der Waals surface area contributed by atoms with Gasteiger partial charge in [-0.15, -0.1) is 0 Å². The van der Waals surface area contributed by atoms with Crippen molar-refractivity contribution in [3.8, 4) is 0 Å². The number of carbonyl (C=O) groups is 2. The fourth-order valence-corrected chi connectivity index (χ4v) is 1.23. The molecule has 0 aromatic carbocycles. The molecule has 0 rings (SSSR count). The molecule has 0 aliphatic carbocycles. The zero-order chi connectivity index (χ0) is 14.3. The standard InChI is InChI=1S/C9H19N5O4/c1-4(7(15)16)13-6(14-9(11)12)3-2-5(10)8(17)18/h4-6,13H,2-3,10H2,1H3,(H,15,16)(H,17,18)(H4,11,12,14). The average Bonchev–Trinajstić information content (AvgIpc) is 2.24. The lowest BCUT2D eigenvalue weighted by Gasteiger charge is -2.23. The Morgan fingerprint density at radius 2 is 1.83 bits per heavy atom. The summed E-state index contributed by atoms with van der Waals surface area (Å²) >= 11 is 0. The van der Waals surface area contributed by atoms with Crippen molar-refractivity contribution in [1.82, 2.24) is 10.6 Å². The van der Waals surface area contributed by atoms with Gasteiger partial charge in [-0.2, -0.15) is 0 Å². The predicted octanol–water partition coefficient (Wildman–Crippen LogP) is -1.95. The zero-order valence-corrected chi connectivity index (χ0v) is 10.0. The van der Waals surface area contributed by atoms with Gasteiger partial charge in [-0.05, 0) is 19.8 Å². The summed E-state index contributed by atoms with van der Waals surface area (Å²) in [6, 6.07) is -1.90. The van der Waals surface area contributed by atoms with Crippen LogP contribution < -0.4 is 22.1 Å². The third-order valence-electron chi connectivity index (χ3n) is 2.23. The first kappa shape index (κ1) is 16.1. The Labute approximate surface area is 104 Å². The molecule has 9 nitrogen and oxygen atoms in total. The van der Waals surface area contributed by atoms with Crippen LogP contribution in [0.5, 0.6) is 0 Å². The highest BCUT2D eigenvalue weighted by Gasteiger charge is 2.19. The molecule has 0 radical (unpaired) electrons. The van der Waals surface area contributed by atoms with E-state index in [1.807, 2.05) is 0 Å². The molecule has 0 aliphatic rings. The first-order valence-electron chi connectivity index (χ1n) is 5.31. The molecule has 9 N–H and O–H groups in total. The van der Waals surface area contributed by atoms with Gasteiger partial charge in [0.15, 0.2) is 5.96 Å². The smallest absolute Gasteiger partial charge is 0.320 e. The lowest BCUT2D eigenvalue weighted by molar-refractivity contribution is -0.140. The maximum Gasteiger partial charge on any atom is 0.320 e. The molecule has 104 valence electrons. The van der Waals surface area contributed by atoms with Gasteiger partial charge in [0.05, 0.1) is 6.17 Å². The minimum absolute atomic E-state index is 0.125. The average molecular weight is 261 g/mol. The van der Waals surface area contributed by atoms with E-state index in [1.54, 1.807) is 0 Å². The van der Waals surface area contributed by atoms with Crippen LogP contribution in [0.4, 0.5) is 0 Å². The van der Waals surface area contributed by atoms with E-state index in [2.05, 4.69) is 10.6 Å². The minimum atomic E-state index is -1.14. The monoisotopic (exact) mass is 261 g/mol. The van der Waals surface area contributed by atoms with Crippen molar-refractivity contribution in [2.75, 3.05) is 0 Å². The number of carboxylic acid groups (broad SMARTS) is 2. The fourth-order valence-electron chi connectivity index (χ4n) is 1.23. The Kier molecular flexibility index (Phi) is 6.68. The third kappa shape index (κ3) is 6.66. The number of carboxylic acids is 2. The van der Waals surface area contributed by atoms with Crippen LogP contribution in [0.25, 0.3) is 0 Å². The maximum atomic E-state index is 10.7. The van der Waals surface area contributed by atoms with Gasteiger partial charge in [0.2, 0.25) is 0 Å². The molecule has 0 aromatic rings. The Balaban J connectivity index is 4.35. The van der Waals surface area contributed by atoms with E-state index in [9.17, 15) is 9.59 Å². The highest BCUT2D eigenvalue weighted by Crippen LogP contribution is 2.00. The van der Waals surface area contributed by atoms with Crippen molar-refractivity contribution in [2.24, 2.45) is 11.5 Å². The van der Waals surface area contributed by atoms with E-state index >= 15 is 0 Å². The van der Waals surface area contributed by atoms with Crippen LogP contribution in [-0.2, 0) is 9.59 Å². The van der Waals surface area contributed by atoms with E-state index < -0.39 is 30.2 Å². The summed E-state index contributed by atoms with van der Waals surface area (Å²) < 4.78 is 0.